The number of methoxy groups -OCH3 is 2. The van der Waals surface area contributed by atoms with Crippen LogP contribution in [0, 0.1) is 5.82 Å². The molecule has 30 heavy (non-hydrogen) atoms. The Morgan fingerprint density at radius 1 is 0.833 bits per heavy atom. The predicted molar refractivity (Wildman–Crippen MR) is 122 cm³/mol. The molecule has 0 aromatic heterocycles. The third-order valence-electron chi connectivity index (χ3n) is 4.59. The molecule has 0 heterocycles. The molecule has 156 valence electrons. The lowest BCUT2D eigenvalue weighted by Gasteiger charge is -2.26. The summed E-state index contributed by atoms with van der Waals surface area (Å²) in [5.41, 5.74) is 2.55. The third-order valence-corrected chi connectivity index (χ3v) is 5.30. The molecule has 0 aliphatic carbocycles. The molecular weight excluding hydrogens is 399 g/mol. The van der Waals surface area contributed by atoms with Crippen LogP contribution in [0.5, 0.6) is 11.5 Å². The van der Waals surface area contributed by atoms with Crippen molar-refractivity contribution in [2.45, 2.75) is 13.1 Å². The number of hydrogen-bond donors (Lipinski definition) is 0. The van der Waals surface area contributed by atoms with Gasteiger partial charge in [-0.25, -0.2) is 9.38 Å². The Morgan fingerprint density at radius 3 is 1.77 bits per heavy atom. The summed E-state index contributed by atoms with van der Waals surface area (Å²) in [4.78, 5) is 6.76. The molecule has 0 fully saturated rings. The zero-order chi connectivity index (χ0) is 21.3. The molecule has 0 saturated heterocycles. The summed E-state index contributed by atoms with van der Waals surface area (Å²) in [6, 6.07) is 22.4. The van der Waals surface area contributed by atoms with Crippen molar-refractivity contribution in [3.05, 3.63) is 89.7 Å². The SMILES string of the molecule is COc1ccc(CN(Cc2ccc(OC)cc2)C(=Nc2ccccc2F)SC)cc1. The number of benzene rings is 3. The van der Waals surface area contributed by atoms with Crippen molar-refractivity contribution in [2.75, 3.05) is 20.5 Å². The van der Waals surface area contributed by atoms with E-state index < -0.39 is 0 Å². The largest absolute Gasteiger partial charge is 0.497 e. The highest BCUT2D eigenvalue weighted by Crippen LogP contribution is 2.23. The summed E-state index contributed by atoms with van der Waals surface area (Å²) in [5.74, 6) is 1.29. The van der Waals surface area contributed by atoms with E-state index in [1.807, 2.05) is 54.8 Å². The monoisotopic (exact) mass is 424 g/mol. The highest BCUT2D eigenvalue weighted by atomic mass is 32.2. The quantitative estimate of drug-likeness (QED) is 0.350. The highest BCUT2D eigenvalue weighted by molar-refractivity contribution is 8.13. The first-order valence-corrected chi connectivity index (χ1v) is 10.7. The summed E-state index contributed by atoms with van der Waals surface area (Å²) in [5, 5.41) is 0.742. The molecule has 0 saturated carbocycles. The van der Waals surface area contributed by atoms with Gasteiger partial charge in [0, 0.05) is 13.1 Å². The number of nitrogens with zero attached hydrogens (tertiary/aromatic N) is 2. The summed E-state index contributed by atoms with van der Waals surface area (Å²) in [6.07, 6.45) is 1.95. The van der Waals surface area contributed by atoms with E-state index in [1.54, 1.807) is 32.4 Å². The number of hydrogen-bond acceptors (Lipinski definition) is 4. The maximum Gasteiger partial charge on any atom is 0.164 e. The zero-order valence-corrected chi connectivity index (χ0v) is 18.2. The van der Waals surface area contributed by atoms with E-state index in [9.17, 15) is 4.39 Å². The normalized spacial score (nSPS) is 11.3. The van der Waals surface area contributed by atoms with E-state index in [0.717, 1.165) is 27.8 Å². The lowest BCUT2D eigenvalue weighted by atomic mass is 10.1. The summed E-state index contributed by atoms with van der Waals surface area (Å²) in [7, 11) is 3.30. The maximum atomic E-state index is 14.2. The number of amidine groups is 1. The van der Waals surface area contributed by atoms with Crippen LogP contribution in [0.3, 0.4) is 0 Å². The van der Waals surface area contributed by atoms with E-state index in [4.69, 9.17) is 9.47 Å². The van der Waals surface area contributed by atoms with Gasteiger partial charge in [-0.2, -0.15) is 0 Å². The predicted octanol–water partition coefficient (Wildman–Crippen LogP) is 5.90. The summed E-state index contributed by atoms with van der Waals surface area (Å²) >= 11 is 1.50. The van der Waals surface area contributed by atoms with Crippen LogP contribution in [0.15, 0.2) is 77.8 Å². The maximum absolute atomic E-state index is 14.2. The van der Waals surface area contributed by atoms with Gasteiger partial charge in [-0.3, -0.25) is 0 Å². The number of halogens is 1. The smallest absolute Gasteiger partial charge is 0.164 e. The minimum absolute atomic E-state index is 0.330. The summed E-state index contributed by atoms with van der Waals surface area (Å²) < 4.78 is 24.7. The lowest BCUT2D eigenvalue weighted by molar-refractivity contribution is 0.405. The first-order valence-electron chi connectivity index (χ1n) is 9.51. The second kappa shape index (κ2) is 10.7. The van der Waals surface area contributed by atoms with Crippen molar-refractivity contribution < 1.29 is 13.9 Å². The van der Waals surface area contributed by atoms with Crippen LogP contribution >= 0.6 is 11.8 Å². The van der Waals surface area contributed by atoms with Gasteiger partial charge in [0.15, 0.2) is 5.17 Å². The van der Waals surface area contributed by atoms with Gasteiger partial charge in [0.25, 0.3) is 0 Å². The summed E-state index contributed by atoms with van der Waals surface area (Å²) in [6.45, 7) is 1.26. The Bertz CT molecular complexity index is 926. The molecule has 3 aromatic rings. The van der Waals surface area contributed by atoms with Crippen LogP contribution in [0.25, 0.3) is 0 Å². The Balaban J connectivity index is 1.92. The minimum Gasteiger partial charge on any atom is -0.497 e. The van der Waals surface area contributed by atoms with Crippen molar-refractivity contribution >= 4 is 22.6 Å². The average molecular weight is 425 g/mol. The molecule has 3 rings (SSSR count). The van der Waals surface area contributed by atoms with Gasteiger partial charge in [-0.05, 0) is 53.8 Å². The fourth-order valence-electron chi connectivity index (χ4n) is 2.98. The van der Waals surface area contributed by atoms with Crippen molar-refractivity contribution in [1.29, 1.82) is 0 Å². The number of thioether (sulfide) groups is 1. The van der Waals surface area contributed by atoms with Crippen LogP contribution < -0.4 is 9.47 Å². The minimum atomic E-state index is -0.335. The van der Waals surface area contributed by atoms with Crippen molar-refractivity contribution in [3.63, 3.8) is 0 Å². The molecular formula is C24H25FN2O2S. The van der Waals surface area contributed by atoms with Crippen LogP contribution in [-0.2, 0) is 13.1 Å². The van der Waals surface area contributed by atoms with Crippen LogP contribution in [-0.4, -0.2) is 30.5 Å². The van der Waals surface area contributed by atoms with Crippen LogP contribution in [0.1, 0.15) is 11.1 Å². The van der Waals surface area contributed by atoms with Gasteiger partial charge in [-0.1, -0.05) is 48.2 Å². The van der Waals surface area contributed by atoms with Crippen LogP contribution in [0.2, 0.25) is 0 Å². The Hall–Kier alpha value is -2.99. The molecule has 0 aliphatic heterocycles. The van der Waals surface area contributed by atoms with Crippen molar-refractivity contribution in [3.8, 4) is 11.5 Å². The molecule has 0 atom stereocenters. The van der Waals surface area contributed by atoms with Crippen LogP contribution in [0.4, 0.5) is 10.1 Å². The molecule has 0 amide bonds. The second-order valence-electron chi connectivity index (χ2n) is 6.60. The highest BCUT2D eigenvalue weighted by Gasteiger charge is 2.14. The van der Waals surface area contributed by atoms with Gasteiger partial charge < -0.3 is 14.4 Å². The fraction of sp³-hybridized carbons (Fsp3) is 0.208. The molecule has 0 aliphatic rings. The molecule has 0 unspecified atom stereocenters. The van der Waals surface area contributed by atoms with E-state index in [-0.39, 0.29) is 5.82 Å². The third kappa shape index (κ3) is 5.76. The first kappa shape index (κ1) is 21.7. The topological polar surface area (TPSA) is 34.1 Å². The van der Waals surface area contributed by atoms with Gasteiger partial charge in [0.2, 0.25) is 0 Å². The van der Waals surface area contributed by atoms with Crippen molar-refractivity contribution in [2.24, 2.45) is 4.99 Å². The van der Waals surface area contributed by atoms with E-state index in [2.05, 4.69) is 9.89 Å². The molecule has 0 N–H and O–H groups in total. The first-order chi connectivity index (χ1) is 14.6. The van der Waals surface area contributed by atoms with E-state index in [1.165, 1.54) is 17.8 Å². The average Bonchev–Trinajstić information content (AvgIpc) is 2.79. The standard InChI is InChI=1S/C24H25FN2O2S/c1-28-20-12-8-18(9-13-20)16-27(17-19-10-14-21(29-2)15-11-19)24(30-3)26-23-7-5-4-6-22(23)25/h4-15H,16-17H2,1-3H3. The fourth-order valence-corrected chi connectivity index (χ4v) is 3.56. The molecule has 3 aromatic carbocycles. The van der Waals surface area contributed by atoms with E-state index in [0.29, 0.717) is 18.8 Å². The zero-order valence-electron chi connectivity index (χ0n) is 17.3. The number of aliphatic imine (C=N–C) groups is 1. The van der Waals surface area contributed by atoms with Crippen molar-refractivity contribution in [1.82, 2.24) is 4.90 Å². The Labute approximate surface area is 181 Å². The Kier molecular flexibility index (Phi) is 7.74. The molecule has 0 bridgehead atoms. The Morgan fingerprint density at radius 2 is 1.33 bits per heavy atom. The molecule has 6 heteroatoms. The number of para-hydroxylation sites is 1. The van der Waals surface area contributed by atoms with Gasteiger partial charge in [0.1, 0.15) is 23.0 Å². The van der Waals surface area contributed by atoms with Gasteiger partial charge >= 0.3 is 0 Å². The van der Waals surface area contributed by atoms with E-state index >= 15 is 0 Å². The molecule has 0 spiro atoms. The number of ether oxygens (including phenoxy) is 2. The second-order valence-corrected chi connectivity index (χ2v) is 7.38. The number of rotatable bonds is 7. The van der Waals surface area contributed by atoms with Gasteiger partial charge in [-0.15, -0.1) is 0 Å². The lowest BCUT2D eigenvalue weighted by Crippen LogP contribution is -2.27. The van der Waals surface area contributed by atoms with Gasteiger partial charge in [0.05, 0.1) is 14.2 Å². The molecule has 4 nitrogen and oxygen atoms in total. The molecule has 0 radical (unpaired) electrons.